The van der Waals surface area contributed by atoms with Crippen molar-refractivity contribution in [3.05, 3.63) is 29.8 Å². The van der Waals surface area contributed by atoms with Crippen molar-refractivity contribution in [2.75, 3.05) is 55.1 Å². The third kappa shape index (κ3) is 7.67. The number of ether oxygens (including phenoxy) is 2. The van der Waals surface area contributed by atoms with Crippen LogP contribution in [0.15, 0.2) is 29.3 Å². The average molecular weight is 450 g/mol. The number of methoxy groups -OCH3 is 2. The first kappa shape index (κ1) is 22.9. The van der Waals surface area contributed by atoms with Crippen LogP contribution >= 0.6 is 24.0 Å². The van der Waals surface area contributed by atoms with Gasteiger partial charge in [-0.3, -0.25) is 4.99 Å². The van der Waals surface area contributed by atoms with Crippen LogP contribution in [0.2, 0.25) is 0 Å². The molecule has 0 aliphatic carbocycles. The van der Waals surface area contributed by atoms with E-state index in [0.717, 1.165) is 43.4 Å². The Morgan fingerprint density at radius 1 is 1.21 bits per heavy atom. The number of hydrogen-bond donors (Lipinski definition) is 2. The second kappa shape index (κ2) is 13.3. The summed E-state index contributed by atoms with van der Waals surface area (Å²) in [6, 6.07) is 8.29. The summed E-state index contributed by atoms with van der Waals surface area (Å²) in [5.41, 5.74) is 1.15. The van der Waals surface area contributed by atoms with Crippen molar-refractivity contribution in [1.82, 2.24) is 15.5 Å². The number of nitrogens with zero attached hydrogens (tertiary/aromatic N) is 2. The number of hydrogen-bond acceptors (Lipinski definition) is 4. The summed E-state index contributed by atoms with van der Waals surface area (Å²) >= 11 is 0. The lowest BCUT2D eigenvalue weighted by atomic mass is 10.0. The Balaban J connectivity index is 0.00000529. The number of likely N-dealkylation sites (N-methyl/N-ethyl adjacent to an activating group) is 1. The molecule has 0 amide bonds. The van der Waals surface area contributed by atoms with Gasteiger partial charge in [-0.2, -0.15) is 0 Å². The summed E-state index contributed by atoms with van der Waals surface area (Å²) in [5, 5.41) is 6.67. The highest BCUT2D eigenvalue weighted by atomic mass is 127. The van der Waals surface area contributed by atoms with Gasteiger partial charge >= 0.3 is 0 Å². The Hall–Kier alpha value is -1.06. The van der Waals surface area contributed by atoms with E-state index in [9.17, 15) is 0 Å². The van der Waals surface area contributed by atoms with Crippen LogP contribution in [-0.4, -0.2) is 65.9 Å². The molecule has 0 aliphatic heterocycles. The number of halogens is 1. The second-order valence-corrected chi connectivity index (χ2v) is 5.45. The van der Waals surface area contributed by atoms with E-state index in [1.54, 1.807) is 21.3 Å². The smallest absolute Gasteiger partial charge is 0.191 e. The SMILES string of the molecule is CN=C(NCCCOC)NCC(c1ccccc1OC)N(C)C.I. The Kier molecular flexibility index (Phi) is 12.7. The van der Waals surface area contributed by atoms with E-state index >= 15 is 0 Å². The number of para-hydroxylation sites is 1. The molecule has 0 aromatic heterocycles. The predicted octanol–water partition coefficient (Wildman–Crippen LogP) is 2.12. The third-order valence-corrected chi connectivity index (χ3v) is 3.63. The quantitative estimate of drug-likeness (QED) is 0.261. The van der Waals surface area contributed by atoms with E-state index in [0.29, 0.717) is 0 Å². The van der Waals surface area contributed by atoms with Crippen LogP contribution in [0.4, 0.5) is 0 Å². The van der Waals surface area contributed by atoms with Crippen LogP contribution in [0.1, 0.15) is 18.0 Å². The van der Waals surface area contributed by atoms with Crippen molar-refractivity contribution in [2.24, 2.45) is 4.99 Å². The largest absolute Gasteiger partial charge is 0.496 e. The zero-order chi connectivity index (χ0) is 17.1. The molecular formula is C17H31IN4O2. The maximum atomic E-state index is 5.49. The molecule has 24 heavy (non-hydrogen) atoms. The summed E-state index contributed by atoms with van der Waals surface area (Å²) in [5.74, 6) is 1.69. The minimum atomic E-state index is 0. The monoisotopic (exact) mass is 450 g/mol. The Morgan fingerprint density at radius 3 is 2.50 bits per heavy atom. The van der Waals surface area contributed by atoms with Crippen LogP contribution in [0.5, 0.6) is 5.75 Å². The molecule has 6 nitrogen and oxygen atoms in total. The van der Waals surface area contributed by atoms with Crippen LogP contribution < -0.4 is 15.4 Å². The van der Waals surface area contributed by atoms with Crippen LogP contribution in [0, 0.1) is 0 Å². The lowest BCUT2D eigenvalue weighted by Gasteiger charge is -2.27. The first-order chi connectivity index (χ1) is 11.1. The van der Waals surface area contributed by atoms with E-state index < -0.39 is 0 Å². The molecule has 7 heteroatoms. The fourth-order valence-corrected chi connectivity index (χ4v) is 2.35. The Bertz CT molecular complexity index is 483. The number of aliphatic imine (C=N–C) groups is 1. The zero-order valence-electron chi connectivity index (χ0n) is 15.3. The Morgan fingerprint density at radius 2 is 1.92 bits per heavy atom. The van der Waals surface area contributed by atoms with Crippen LogP contribution in [-0.2, 0) is 4.74 Å². The van der Waals surface area contributed by atoms with Crippen molar-refractivity contribution in [3.8, 4) is 5.75 Å². The summed E-state index contributed by atoms with van der Waals surface area (Å²) < 4.78 is 10.5. The van der Waals surface area contributed by atoms with Crippen molar-refractivity contribution < 1.29 is 9.47 Å². The molecule has 0 aliphatic rings. The fourth-order valence-electron chi connectivity index (χ4n) is 2.35. The average Bonchev–Trinajstić information content (AvgIpc) is 2.57. The van der Waals surface area contributed by atoms with E-state index in [1.807, 2.05) is 18.2 Å². The summed E-state index contributed by atoms with van der Waals surface area (Å²) in [4.78, 5) is 6.43. The van der Waals surface area contributed by atoms with Crippen molar-refractivity contribution >= 4 is 29.9 Å². The van der Waals surface area contributed by atoms with Gasteiger partial charge in [0.05, 0.1) is 13.2 Å². The van der Waals surface area contributed by atoms with Crippen LogP contribution in [0.3, 0.4) is 0 Å². The molecule has 1 atom stereocenters. The van der Waals surface area contributed by atoms with Gasteiger partial charge in [0.15, 0.2) is 5.96 Å². The molecular weight excluding hydrogens is 419 g/mol. The van der Waals surface area contributed by atoms with Crippen molar-refractivity contribution in [2.45, 2.75) is 12.5 Å². The summed E-state index contributed by atoms with van der Waals surface area (Å²) in [7, 11) is 9.32. The van der Waals surface area contributed by atoms with Gasteiger partial charge in [0.1, 0.15) is 5.75 Å². The zero-order valence-corrected chi connectivity index (χ0v) is 17.7. The highest BCUT2D eigenvalue weighted by Gasteiger charge is 2.18. The van der Waals surface area contributed by atoms with Gasteiger partial charge in [-0.05, 0) is 26.6 Å². The maximum absolute atomic E-state index is 5.49. The second-order valence-electron chi connectivity index (χ2n) is 5.45. The van der Waals surface area contributed by atoms with Crippen molar-refractivity contribution in [3.63, 3.8) is 0 Å². The fraction of sp³-hybridized carbons (Fsp3) is 0.588. The van der Waals surface area contributed by atoms with E-state index in [1.165, 1.54) is 0 Å². The van der Waals surface area contributed by atoms with Gasteiger partial charge in [0, 0.05) is 39.4 Å². The molecule has 1 rings (SSSR count). The van der Waals surface area contributed by atoms with E-state index in [-0.39, 0.29) is 30.0 Å². The molecule has 0 bridgehead atoms. The van der Waals surface area contributed by atoms with E-state index in [4.69, 9.17) is 9.47 Å². The highest BCUT2D eigenvalue weighted by molar-refractivity contribution is 14.0. The predicted molar refractivity (Wildman–Crippen MR) is 111 cm³/mol. The third-order valence-electron chi connectivity index (χ3n) is 3.63. The minimum Gasteiger partial charge on any atom is -0.496 e. The summed E-state index contributed by atoms with van der Waals surface area (Å²) in [6.45, 7) is 2.30. The molecule has 1 unspecified atom stereocenters. The van der Waals surface area contributed by atoms with Crippen LogP contribution in [0.25, 0.3) is 0 Å². The molecule has 0 fully saturated rings. The molecule has 138 valence electrons. The van der Waals surface area contributed by atoms with Gasteiger partial charge in [-0.1, -0.05) is 18.2 Å². The summed E-state index contributed by atoms with van der Waals surface area (Å²) in [6.07, 6.45) is 0.945. The van der Waals surface area contributed by atoms with E-state index in [2.05, 4.69) is 40.7 Å². The Labute approximate surface area is 163 Å². The molecule has 1 aromatic rings. The first-order valence-electron chi connectivity index (χ1n) is 7.86. The highest BCUT2D eigenvalue weighted by Crippen LogP contribution is 2.27. The molecule has 0 radical (unpaired) electrons. The first-order valence-corrected chi connectivity index (χ1v) is 7.86. The molecule has 0 saturated carbocycles. The van der Waals surface area contributed by atoms with Gasteiger partial charge in [-0.15, -0.1) is 24.0 Å². The van der Waals surface area contributed by atoms with Gasteiger partial charge in [0.2, 0.25) is 0 Å². The normalized spacial score (nSPS) is 12.5. The number of guanidine groups is 1. The molecule has 0 saturated heterocycles. The maximum Gasteiger partial charge on any atom is 0.191 e. The molecule has 2 N–H and O–H groups in total. The minimum absolute atomic E-state index is 0. The number of rotatable bonds is 9. The standard InChI is InChI=1S/C17H30N4O2.HI/c1-18-17(19-11-8-12-22-4)20-13-15(21(2)3)14-9-6-7-10-16(14)23-5;/h6-7,9-10,15H,8,11-13H2,1-5H3,(H2,18,19,20);1H. The molecule has 1 aromatic carbocycles. The molecule has 0 spiro atoms. The van der Waals surface area contributed by atoms with Gasteiger partial charge in [0.25, 0.3) is 0 Å². The van der Waals surface area contributed by atoms with Gasteiger partial charge in [-0.25, -0.2) is 0 Å². The van der Waals surface area contributed by atoms with Crippen molar-refractivity contribution in [1.29, 1.82) is 0 Å². The number of nitrogens with one attached hydrogen (secondary N) is 2. The lowest BCUT2D eigenvalue weighted by molar-refractivity contribution is 0.195. The number of benzene rings is 1. The molecule has 0 heterocycles. The van der Waals surface area contributed by atoms with Gasteiger partial charge < -0.3 is 25.0 Å². The topological polar surface area (TPSA) is 58.1 Å². The lowest BCUT2D eigenvalue weighted by Crippen LogP contribution is -2.42.